The fourth-order valence-corrected chi connectivity index (χ4v) is 4.91. The summed E-state index contributed by atoms with van der Waals surface area (Å²) in [6.45, 7) is 10.3. The molecule has 0 atom stereocenters. The van der Waals surface area contributed by atoms with Crippen molar-refractivity contribution in [1.29, 1.82) is 0 Å². The number of fused-ring (bicyclic) bond motifs is 1. The van der Waals surface area contributed by atoms with Gasteiger partial charge in [0.2, 0.25) is 10.1 Å². The third-order valence-electron chi connectivity index (χ3n) is 4.87. The Morgan fingerprint density at radius 2 is 1.96 bits per heavy atom. The van der Waals surface area contributed by atoms with Gasteiger partial charge in [0.25, 0.3) is 5.91 Å². The van der Waals surface area contributed by atoms with Crippen molar-refractivity contribution in [2.24, 2.45) is 0 Å². The molecular formula is C19H25N5OS2. The van der Waals surface area contributed by atoms with Crippen molar-refractivity contribution in [2.45, 2.75) is 52.0 Å². The number of imidazole rings is 1. The number of aromatic nitrogens is 3. The standard InChI is InChI=1S/C19H25N5OS2/c1-12-5-6-14(26-12)16(25)20-13-7-9-23(10-8-13)18-22-24-11-15(19(2,3)4)21-17(24)27-18/h5-6,11,13H,7-10H2,1-4H3,(H,20,25). The van der Waals surface area contributed by atoms with E-state index in [9.17, 15) is 4.79 Å². The first kappa shape index (κ1) is 18.4. The lowest BCUT2D eigenvalue weighted by Gasteiger charge is -2.31. The highest BCUT2D eigenvalue weighted by molar-refractivity contribution is 7.20. The van der Waals surface area contributed by atoms with Crippen molar-refractivity contribution in [3.63, 3.8) is 0 Å². The molecule has 6 nitrogen and oxygen atoms in total. The van der Waals surface area contributed by atoms with Gasteiger partial charge in [0.05, 0.1) is 16.8 Å². The Morgan fingerprint density at radius 1 is 1.22 bits per heavy atom. The van der Waals surface area contributed by atoms with Crippen LogP contribution >= 0.6 is 22.7 Å². The Morgan fingerprint density at radius 3 is 2.56 bits per heavy atom. The first-order chi connectivity index (χ1) is 12.8. The van der Waals surface area contributed by atoms with E-state index in [1.54, 1.807) is 22.7 Å². The molecule has 0 bridgehead atoms. The maximum absolute atomic E-state index is 12.3. The van der Waals surface area contributed by atoms with Crippen molar-refractivity contribution < 1.29 is 4.79 Å². The molecule has 1 N–H and O–H groups in total. The van der Waals surface area contributed by atoms with Gasteiger partial charge in [-0.15, -0.1) is 16.4 Å². The molecule has 0 aromatic carbocycles. The first-order valence-electron chi connectivity index (χ1n) is 9.28. The maximum Gasteiger partial charge on any atom is 0.261 e. The number of carbonyl (C=O) groups is 1. The smallest absolute Gasteiger partial charge is 0.261 e. The predicted molar refractivity (Wildman–Crippen MR) is 111 cm³/mol. The largest absolute Gasteiger partial charge is 0.348 e. The van der Waals surface area contributed by atoms with Crippen LogP contribution in [-0.2, 0) is 5.41 Å². The fourth-order valence-electron chi connectivity index (χ4n) is 3.21. The van der Waals surface area contributed by atoms with E-state index in [1.807, 2.05) is 29.8 Å². The molecule has 0 aliphatic carbocycles. The molecule has 1 amide bonds. The Hall–Kier alpha value is -1.93. The van der Waals surface area contributed by atoms with Crippen LogP contribution in [0.15, 0.2) is 18.3 Å². The van der Waals surface area contributed by atoms with Gasteiger partial charge >= 0.3 is 0 Å². The van der Waals surface area contributed by atoms with E-state index in [2.05, 4.69) is 31.0 Å². The minimum atomic E-state index is 0.0330. The molecule has 1 saturated heterocycles. The number of nitrogens with zero attached hydrogens (tertiary/aromatic N) is 4. The van der Waals surface area contributed by atoms with Gasteiger partial charge in [-0.25, -0.2) is 9.50 Å². The number of hydrogen-bond donors (Lipinski definition) is 1. The van der Waals surface area contributed by atoms with E-state index in [1.165, 1.54) is 4.88 Å². The van der Waals surface area contributed by atoms with Crippen LogP contribution in [0.1, 0.15) is 53.9 Å². The average Bonchev–Trinajstić information content (AvgIpc) is 3.29. The summed E-state index contributed by atoms with van der Waals surface area (Å²) in [5, 5.41) is 8.91. The molecular weight excluding hydrogens is 378 g/mol. The van der Waals surface area contributed by atoms with Crippen LogP contribution < -0.4 is 10.2 Å². The monoisotopic (exact) mass is 403 g/mol. The predicted octanol–water partition coefficient (Wildman–Crippen LogP) is 3.86. The molecule has 0 spiro atoms. The molecule has 0 unspecified atom stereocenters. The number of anilines is 1. The van der Waals surface area contributed by atoms with Crippen LogP contribution in [0, 0.1) is 6.92 Å². The number of hydrogen-bond acceptors (Lipinski definition) is 6. The van der Waals surface area contributed by atoms with Gasteiger partial charge in [0.15, 0.2) is 0 Å². The number of carbonyl (C=O) groups excluding carboxylic acids is 1. The summed E-state index contributed by atoms with van der Waals surface area (Å²) < 4.78 is 1.90. The number of thiophene rings is 1. The summed E-state index contributed by atoms with van der Waals surface area (Å²) >= 11 is 3.18. The van der Waals surface area contributed by atoms with Crippen molar-refractivity contribution in [3.8, 4) is 0 Å². The summed E-state index contributed by atoms with van der Waals surface area (Å²) in [7, 11) is 0. The fraction of sp³-hybridized carbons (Fsp3) is 0.526. The van der Waals surface area contributed by atoms with Crippen molar-refractivity contribution in [1.82, 2.24) is 19.9 Å². The van der Waals surface area contributed by atoms with E-state index in [4.69, 9.17) is 10.1 Å². The summed E-state index contributed by atoms with van der Waals surface area (Å²) in [4.78, 5) is 22.3. The number of piperidine rings is 1. The van der Waals surface area contributed by atoms with E-state index in [0.29, 0.717) is 0 Å². The van der Waals surface area contributed by atoms with E-state index >= 15 is 0 Å². The van der Waals surface area contributed by atoms with Gasteiger partial charge in [0.1, 0.15) is 0 Å². The minimum Gasteiger partial charge on any atom is -0.348 e. The van der Waals surface area contributed by atoms with Crippen LogP contribution in [0.4, 0.5) is 5.13 Å². The Kier molecular flexibility index (Phi) is 4.71. The molecule has 1 aliphatic rings. The minimum absolute atomic E-state index is 0.0330. The second-order valence-corrected chi connectivity index (χ2v) is 10.4. The van der Waals surface area contributed by atoms with Crippen LogP contribution in [-0.4, -0.2) is 39.6 Å². The lowest BCUT2D eigenvalue weighted by molar-refractivity contribution is 0.0935. The summed E-state index contributed by atoms with van der Waals surface area (Å²) in [6, 6.07) is 4.13. The Balaban J connectivity index is 1.37. The third kappa shape index (κ3) is 3.87. The highest BCUT2D eigenvalue weighted by atomic mass is 32.1. The van der Waals surface area contributed by atoms with Gasteiger partial charge < -0.3 is 10.2 Å². The van der Waals surface area contributed by atoms with Gasteiger partial charge in [-0.05, 0) is 31.9 Å². The first-order valence-corrected chi connectivity index (χ1v) is 10.9. The van der Waals surface area contributed by atoms with Crippen LogP contribution in [0.25, 0.3) is 4.96 Å². The molecule has 3 aromatic rings. The Labute approximate surface area is 167 Å². The molecule has 3 aromatic heterocycles. The summed E-state index contributed by atoms with van der Waals surface area (Å²) in [5.74, 6) is 0.0500. The number of aryl methyl sites for hydroxylation is 1. The van der Waals surface area contributed by atoms with Crippen molar-refractivity contribution in [2.75, 3.05) is 18.0 Å². The number of rotatable bonds is 3. The second kappa shape index (κ2) is 6.91. The highest BCUT2D eigenvalue weighted by Crippen LogP contribution is 2.29. The van der Waals surface area contributed by atoms with Gasteiger partial charge in [-0.2, -0.15) is 0 Å². The highest BCUT2D eigenvalue weighted by Gasteiger charge is 2.25. The van der Waals surface area contributed by atoms with Crippen LogP contribution in [0.3, 0.4) is 0 Å². The molecule has 1 fully saturated rings. The molecule has 27 heavy (non-hydrogen) atoms. The second-order valence-electron chi connectivity index (χ2n) is 8.13. The molecule has 1 aliphatic heterocycles. The SMILES string of the molecule is Cc1ccc(C(=O)NC2CCN(c3nn4cc(C(C)(C)C)nc4s3)CC2)s1. The average molecular weight is 404 g/mol. The zero-order chi connectivity index (χ0) is 19.2. The Bertz CT molecular complexity index is 925. The van der Waals surface area contributed by atoms with Gasteiger partial charge in [-0.1, -0.05) is 32.1 Å². The lowest BCUT2D eigenvalue weighted by Crippen LogP contribution is -2.44. The topological polar surface area (TPSA) is 62.5 Å². The number of amides is 1. The summed E-state index contributed by atoms with van der Waals surface area (Å²) in [6.07, 6.45) is 3.90. The quantitative estimate of drug-likeness (QED) is 0.721. The third-order valence-corrected chi connectivity index (χ3v) is 6.85. The van der Waals surface area contributed by atoms with Crippen molar-refractivity contribution >= 4 is 38.7 Å². The summed E-state index contributed by atoms with van der Waals surface area (Å²) in [5.41, 5.74) is 1.10. The van der Waals surface area contributed by atoms with E-state index < -0.39 is 0 Å². The molecule has 8 heteroatoms. The van der Waals surface area contributed by atoms with Gasteiger partial charge in [0, 0.05) is 29.4 Å². The van der Waals surface area contributed by atoms with Crippen LogP contribution in [0.5, 0.6) is 0 Å². The molecule has 0 radical (unpaired) electrons. The zero-order valence-electron chi connectivity index (χ0n) is 16.2. The molecule has 4 heterocycles. The molecule has 0 saturated carbocycles. The lowest BCUT2D eigenvalue weighted by atomic mass is 9.93. The maximum atomic E-state index is 12.3. The van der Waals surface area contributed by atoms with Crippen molar-refractivity contribution in [3.05, 3.63) is 33.8 Å². The normalized spacial score (nSPS) is 16.2. The van der Waals surface area contributed by atoms with Gasteiger partial charge in [-0.3, -0.25) is 4.79 Å². The molecule has 4 rings (SSSR count). The van der Waals surface area contributed by atoms with E-state index in [-0.39, 0.29) is 17.4 Å². The number of nitrogens with one attached hydrogen (secondary N) is 1. The van der Waals surface area contributed by atoms with Crippen LogP contribution in [0.2, 0.25) is 0 Å². The molecule has 144 valence electrons. The zero-order valence-corrected chi connectivity index (χ0v) is 17.8. The van der Waals surface area contributed by atoms with E-state index in [0.717, 1.165) is 46.6 Å².